The number of hydrogen-bond donors (Lipinski definition) is 0. The first-order valence-electron chi connectivity index (χ1n) is 13.8. The molecule has 38 heavy (non-hydrogen) atoms. The third-order valence-electron chi connectivity index (χ3n) is 6.18. The maximum atomic E-state index is 12.7. The lowest BCUT2D eigenvalue weighted by molar-refractivity contribution is -0.186. The van der Waals surface area contributed by atoms with Crippen LogP contribution in [0.5, 0.6) is 0 Å². The Kier molecular flexibility index (Phi) is 13.7. The van der Waals surface area contributed by atoms with Gasteiger partial charge < -0.3 is 23.8 Å². The van der Waals surface area contributed by atoms with Crippen LogP contribution in [-0.2, 0) is 44.7 Å². The standard InChI is InChI=1S/C29H43NO8/c1-5-10-25(31)35-18-16-24(37-26(32)11-6-2)29(38-27(33)12-7-3)21(4)36-28(34)15-9-17-30-20-22-13-8-14-23(30)19-22/h8,13-14,19,21,24,29H,5-7,9-12,15-18,20H2,1-4H3/t21-,24+,29+/m0/s1. The van der Waals surface area contributed by atoms with Crippen molar-refractivity contribution in [3.63, 3.8) is 0 Å². The van der Waals surface area contributed by atoms with Crippen LogP contribution in [0.4, 0.5) is 5.69 Å². The van der Waals surface area contributed by atoms with Crippen LogP contribution < -0.4 is 4.90 Å². The monoisotopic (exact) mass is 533 g/mol. The number of fused-ring (bicyclic) bond motifs is 2. The van der Waals surface area contributed by atoms with Gasteiger partial charge in [-0.1, -0.05) is 32.9 Å². The minimum atomic E-state index is -1.02. The van der Waals surface area contributed by atoms with E-state index in [0.29, 0.717) is 32.2 Å². The minimum Gasteiger partial charge on any atom is -0.466 e. The molecular formula is C29H43NO8. The lowest BCUT2D eigenvalue weighted by Gasteiger charge is -2.31. The lowest BCUT2D eigenvalue weighted by Crippen LogP contribution is -2.45. The number of rotatable bonds is 18. The van der Waals surface area contributed by atoms with E-state index in [9.17, 15) is 19.2 Å². The third kappa shape index (κ3) is 10.7. The Balaban J connectivity index is 2.01. The van der Waals surface area contributed by atoms with Crippen LogP contribution in [0.25, 0.3) is 0 Å². The van der Waals surface area contributed by atoms with E-state index in [1.165, 1.54) is 5.56 Å². The van der Waals surface area contributed by atoms with E-state index >= 15 is 0 Å². The summed E-state index contributed by atoms with van der Waals surface area (Å²) in [5.41, 5.74) is 2.39. The van der Waals surface area contributed by atoms with Crippen molar-refractivity contribution < 1.29 is 38.1 Å². The Labute approximate surface area is 226 Å². The number of nitrogens with zero attached hydrogens (tertiary/aromatic N) is 1. The first-order chi connectivity index (χ1) is 18.3. The smallest absolute Gasteiger partial charge is 0.306 e. The zero-order valence-corrected chi connectivity index (χ0v) is 23.2. The molecule has 1 aromatic carbocycles. The molecule has 9 heteroatoms. The van der Waals surface area contributed by atoms with Crippen molar-refractivity contribution in [2.45, 2.75) is 110 Å². The lowest BCUT2D eigenvalue weighted by atomic mass is 10.1. The second-order valence-corrected chi connectivity index (χ2v) is 9.63. The Morgan fingerprint density at radius 3 is 2.13 bits per heavy atom. The predicted octanol–water partition coefficient (Wildman–Crippen LogP) is 4.88. The number of carbonyl (C=O) groups excluding carboxylic acids is 4. The van der Waals surface area contributed by atoms with Crippen LogP contribution in [0, 0.1) is 0 Å². The van der Waals surface area contributed by atoms with E-state index in [2.05, 4.69) is 17.0 Å². The van der Waals surface area contributed by atoms with Gasteiger partial charge in [0, 0.05) is 50.9 Å². The highest BCUT2D eigenvalue weighted by Crippen LogP contribution is 2.26. The molecule has 3 atom stereocenters. The fourth-order valence-corrected chi connectivity index (χ4v) is 4.30. The third-order valence-corrected chi connectivity index (χ3v) is 6.18. The van der Waals surface area contributed by atoms with Crippen molar-refractivity contribution >= 4 is 29.6 Å². The van der Waals surface area contributed by atoms with Crippen molar-refractivity contribution in [2.75, 3.05) is 18.1 Å². The zero-order chi connectivity index (χ0) is 27.9. The highest BCUT2D eigenvalue weighted by atomic mass is 16.6. The minimum absolute atomic E-state index is 0.0119. The number of anilines is 1. The quantitative estimate of drug-likeness (QED) is 0.193. The van der Waals surface area contributed by atoms with Gasteiger partial charge in [0.05, 0.1) is 6.61 Å². The summed E-state index contributed by atoms with van der Waals surface area (Å²) in [6, 6.07) is 8.28. The maximum Gasteiger partial charge on any atom is 0.306 e. The molecule has 1 aliphatic rings. The molecule has 0 spiro atoms. The van der Waals surface area contributed by atoms with Crippen LogP contribution in [0.15, 0.2) is 24.3 Å². The molecule has 212 valence electrons. The summed E-state index contributed by atoms with van der Waals surface area (Å²) in [5.74, 6) is -1.71. The zero-order valence-electron chi connectivity index (χ0n) is 23.2. The van der Waals surface area contributed by atoms with Crippen LogP contribution in [-0.4, -0.2) is 55.3 Å². The summed E-state index contributed by atoms with van der Waals surface area (Å²) < 4.78 is 22.2. The van der Waals surface area contributed by atoms with Gasteiger partial charge in [0.25, 0.3) is 0 Å². The summed E-state index contributed by atoms with van der Waals surface area (Å²) in [5, 5.41) is 0. The van der Waals surface area contributed by atoms with Gasteiger partial charge in [0.1, 0.15) is 12.2 Å². The van der Waals surface area contributed by atoms with Crippen molar-refractivity contribution in [1.29, 1.82) is 0 Å². The fourth-order valence-electron chi connectivity index (χ4n) is 4.30. The van der Waals surface area contributed by atoms with E-state index in [1.807, 2.05) is 32.9 Å². The fraction of sp³-hybridized carbons (Fsp3) is 0.655. The van der Waals surface area contributed by atoms with Crippen molar-refractivity contribution in [3.8, 4) is 0 Å². The molecule has 0 unspecified atom stereocenters. The Morgan fingerprint density at radius 2 is 1.47 bits per heavy atom. The van der Waals surface area contributed by atoms with Crippen LogP contribution in [0.3, 0.4) is 0 Å². The maximum absolute atomic E-state index is 12.7. The largest absolute Gasteiger partial charge is 0.466 e. The van der Waals surface area contributed by atoms with E-state index in [0.717, 1.165) is 12.2 Å². The summed E-state index contributed by atoms with van der Waals surface area (Å²) in [4.78, 5) is 51.5. The van der Waals surface area contributed by atoms with Crippen LogP contribution >= 0.6 is 0 Å². The first kappa shape index (κ1) is 31.1. The summed E-state index contributed by atoms with van der Waals surface area (Å²) in [7, 11) is 0. The first-order valence-corrected chi connectivity index (χ1v) is 13.8. The molecule has 2 bridgehead atoms. The van der Waals surface area contributed by atoms with Crippen molar-refractivity contribution in [1.82, 2.24) is 0 Å². The molecule has 0 aromatic heterocycles. The van der Waals surface area contributed by atoms with E-state index in [4.69, 9.17) is 18.9 Å². The highest BCUT2D eigenvalue weighted by Gasteiger charge is 2.35. The topological polar surface area (TPSA) is 108 Å². The molecule has 0 radical (unpaired) electrons. The second-order valence-electron chi connectivity index (χ2n) is 9.63. The van der Waals surface area contributed by atoms with E-state index in [-0.39, 0.29) is 44.7 Å². The number of carbonyl (C=O) groups is 4. The average molecular weight is 534 g/mol. The van der Waals surface area contributed by atoms with Crippen LogP contribution in [0.1, 0.15) is 91.0 Å². The molecular weight excluding hydrogens is 490 g/mol. The molecule has 0 aliphatic carbocycles. The molecule has 1 aromatic rings. The molecule has 0 amide bonds. The molecule has 0 saturated carbocycles. The summed E-state index contributed by atoms with van der Waals surface area (Å²) in [6.45, 7) is 8.73. The Bertz CT molecular complexity index is 918. The highest BCUT2D eigenvalue weighted by molar-refractivity contribution is 5.72. The van der Waals surface area contributed by atoms with Gasteiger partial charge in [-0.05, 0) is 50.3 Å². The number of benzene rings is 1. The predicted molar refractivity (Wildman–Crippen MR) is 142 cm³/mol. The van der Waals surface area contributed by atoms with Gasteiger partial charge in [0.2, 0.25) is 0 Å². The Morgan fingerprint density at radius 1 is 0.842 bits per heavy atom. The summed E-state index contributed by atoms with van der Waals surface area (Å²) >= 11 is 0. The van der Waals surface area contributed by atoms with E-state index in [1.54, 1.807) is 6.92 Å². The number of esters is 4. The van der Waals surface area contributed by atoms with Crippen molar-refractivity contribution in [2.24, 2.45) is 0 Å². The molecule has 2 rings (SSSR count). The molecule has 0 N–H and O–H groups in total. The van der Waals surface area contributed by atoms with Gasteiger partial charge in [-0.2, -0.15) is 0 Å². The van der Waals surface area contributed by atoms with E-state index < -0.39 is 36.2 Å². The van der Waals surface area contributed by atoms with Gasteiger partial charge in [-0.15, -0.1) is 0 Å². The van der Waals surface area contributed by atoms with Crippen molar-refractivity contribution in [3.05, 3.63) is 29.8 Å². The number of hydrogen-bond acceptors (Lipinski definition) is 9. The molecule has 9 nitrogen and oxygen atoms in total. The van der Waals surface area contributed by atoms with Gasteiger partial charge in [-0.3, -0.25) is 19.2 Å². The normalized spacial score (nSPS) is 14.4. The summed E-state index contributed by atoms with van der Waals surface area (Å²) in [6.07, 6.45) is 0.564. The van der Waals surface area contributed by atoms with Gasteiger partial charge in [0.15, 0.2) is 6.10 Å². The molecule has 1 heterocycles. The average Bonchev–Trinajstić information content (AvgIpc) is 3.14. The van der Waals surface area contributed by atoms with Crippen LogP contribution in [0.2, 0.25) is 0 Å². The van der Waals surface area contributed by atoms with Gasteiger partial charge in [-0.25, -0.2) is 0 Å². The Hall–Kier alpha value is -3.10. The molecule has 1 aliphatic heterocycles. The number of ether oxygens (including phenoxy) is 4. The second kappa shape index (κ2) is 16.7. The SMILES string of the molecule is CCCC(=O)OCC[C@@H](OC(=O)CCC)[C@H](OC(=O)CCC)[C@H](C)OC(=O)CCCN1Cc2cccc1c2. The van der Waals surface area contributed by atoms with Gasteiger partial charge >= 0.3 is 23.9 Å². The molecule has 0 fully saturated rings. The molecule has 0 saturated heterocycles.